The van der Waals surface area contributed by atoms with Crippen LogP contribution in [-0.2, 0) is 0 Å². The molecule has 0 radical (unpaired) electrons. The summed E-state index contributed by atoms with van der Waals surface area (Å²) in [6.45, 7) is 2.13. The summed E-state index contributed by atoms with van der Waals surface area (Å²) in [7, 11) is -0.133. The number of hydrogen-bond donors (Lipinski definition) is 1. The predicted octanol–water partition coefficient (Wildman–Crippen LogP) is 3.23. The van der Waals surface area contributed by atoms with Gasteiger partial charge in [-0.2, -0.15) is 0 Å². The average Bonchev–Trinajstić information content (AvgIpc) is 2.30. The van der Waals surface area contributed by atoms with Crippen LogP contribution in [-0.4, -0.2) is 20.9 Å². The third-order valence-electron chi connectivity index (χ3n) is 2.28. The van der Waals surface area contributed by atoms with Crippen molar-refractivity contribution in [3.63, 3.8) is 0 Å². The van der Waals surface area contributed by atoms with Gasteiger partial charge in [-0.3, -0.25) is 0 Å². The van der Waals surface area contributed by atoms with Gasteiger partial charge in [0, 0.05) is 0 Å². The molecule has 78 valence electrons. The standard InChI is InChI=1S/C13H14STe/c1-11-7-9-13(10-8-11)14(15)12-5-3-2-4-6-12/h2-10,14-15H,1H3. The zero-order valence-corrected chi connectivity index (χ0v) is 12.0. The van der Waals surface area contributed by atoms with Gasteiger partial charge in [0.25, 0.3) is 0 Å². The fourth-order valence-electron chi connectivity index (χ4n) is 1.40. The van der Waals surface area contributed by atoms with Gasteiger partial charge < -0.3 is 0 Å². The molecule has 0 bridgehead atoms. The number of aryl methyl sites for hydroxylation is 1. The zero-order valence-electron chi connectivity index (χ0n) is 8.59. The van der Waals surface area contributed by atoms with Crippen LogP contribution in [0.1, 0.15) is 5.56 Å². The van der Waals surface area contributed by atoms with E-state index in [2.05, 4.69) is 61.5 Å². The van der Waals surface area contributed by atoms with Gasteiger partial charge in [-0.15, -0.1) is 0 Å². The van der Waals surface area contributed by atoms with Crippen LogP contribution < -0.4 is 0 Å². The second-order valence-corrected chi connectivity index (χ2v) is 8.56. The second kappa shape index (κ2) is 5.07. The first-order chi connectivity index (χ1) is 7.27. The molecule has 2 heteroatoms. The van der Waals surface area contributed by atoms with Crippen LogP contribution in [0, 0.1) is 6.92 Å². The van der Waals surface area contributed by atoms with Crippen LogP contribution in [0.25, 0.3) is 0 Å². The third kappa shape index (κ3) is 2.78. The van der Waals surface area contributed by atoms with E-state index in [0.717, 1.165) is 0 Å². The van der Waals surface area contributed by atoms with E-state index in [0.29, 0.717) is 0 Å². The molecule has 1 atom stereocenters. The summed E-state index contributed by atoms with van der Waals surface area (Å²) in [6, 6.07) is 19.7. The van der Waals surface area contributed by atoms with Crippen molar-refractivity contribution in [1.82, 2.24) is 0 Å². The van der Waals surface area contributed by atoms with E-state index in [1.807, 2.05) is 20.9 Å². The van der Waals surface area contributed by atoms with Crippen molar-refractivity contribution in [1.29, 1.82) is 0 Å². The Morgan fingerprint density at radius 2 is 1.33 bits per heavy atom. The van der Waals surface area contributed by atoms with Crippen molar-refractivity contribution in [3.8, 4) is 0 Å². The van der Waals surface area contributed by atoms with Crippen molar-refractivity contribution >= 4 is 29.0 Å². The van der Waals surface area contributed by atoms with E-state index in [9.17, 15) is 0 Å². The van der Waals surface area contributed by atoms with E-state index >= 15 is 0 Å². The SMILES string of the molecule is Cc1ccc([SH]([TeH])c2ccccc2)cc1. The van der Waals surface area contributed by atoms with E-state index in [1.165, 1.54) is 15.4 Å². The maximum absolute atomic E-state index is 2.26. The molecule has 1 unspecified atom stereocenters. The first kappa shape index (κ1) is 11.1. The molecule has 0 nitrogen and oxygen atoms in total. The summed E-state index contributed by atoms with van der Waals surface area (Å²) in [5.41, 5.74) is 1.33. The van der Waals surface area contributed by atoms with Crippen LogP contribution in [0.2, 0.25) is 0 Å². The molecule has 0 aliphatic heterocycles. The van der Waals surface area contributed by atoms with Crippen molar-refractivity contribution in [3.05, 3.63) is 60.2 Å². The fourth-order valence-corrected chi connectivity index (χ4v) is 4.87. The van der Waals surface area contributed by atoms with E-state index in [4.69, 9.17) is 0 Å². The third-order valence-corrected chi connectivity index (χ3v) is 7.81. The Bertz CT molecular complexity index is 422. The molecule has 0 heterocycles. The van der Waals surface area contributed by atoms with Crippen molar-refractivity contribution in [2.24, 2.45) is 0 Å². The predicted molar refractivity (Wildman–Crippen MR) is 70.3 cm³/mol. The van der Waals surface area contributed by atoms with Crippen molar-refractivity contribution in [2.75, 3.05) is 0 Å². The Morgan fingerprint density at radius 1 is 0.800 bits per heavy atom. The van der Waals surface area contributed by atoms with Crippen molar-refractivity contribution < 1.29 is 0 Å². The monoisotopic (exact) mass is 332 g/mol. The van der Waals surface area contributed by atoms with Crippen LogP contribution in [0.5, 0.6) is 0 Å². The average molecular weight is 330 g/mol. The summed E-state index contributed by atoms with van der Waals surface area (Å²) in [5.74, 6) is 0. The summed E-state index contributed by atoms with van der Waals surface area (Å²) >= 11 is 1.92. The molecular formula is C13H14STe. The number of benzene rings is 2. The van der Waals surface area contributed by atoms with E-state index in [-0.39, 0.29) is 8.12 Å². The Morgan fingerprint density at radius 3 is 1.93 bits per heavy atom. The summed E-state index contributed by atoms with van der Waals surface area (Å²) in [5, 5.41) is 0. The Kier molecular flexibility index (Phi) is 3.75. The summed E-state index contributed by atoms with van der Waals surface area (Å²) in [4.78, 5) is 2.93. The van der Waals surface area contributed by atoms with Crippen LogP contribution >= 0.6 is 8.12 Å². The van der Waals surface area contributed by atoms with Crippen LogP contribution in [0.3, 0.4) is 0 Å². The molecule has 0 spiro atoms. The fraction of sp³-hybridized carbons (Fsp3) is 0.0769. The molecule has 0 aromatic heterocycles. The Balaban J connectivity index is 2.29. The van der Waals surface area contributed by atoms with Gasteiger partial charge in [-0.1, -0.05) is 0 Å². The van der Waals surface area contributed by atoms with Crippen LogP contribution in [0.15, 0.2) is 64.4 Å². The Labute approximate surface area is 105 Å². The Hall–Kier alpha value is -0.420. The first-order valence-corrected chi connectivity index (χ1v) is 9.60. The minimum atomic E-state index is -0.133. The topological polar surface area (TPSA) is 0 Å². The van der Waals surface area contributed by atoms with E-state index in [1.54, 1.807) is 0 Å². The van der Waals surface area contributed by atoms with Crippen molar-refractivity contribution in [2.45, 2.75) is 16.7 Å². The van der Waals surface area contributed by atoms with Crippen LogP contribution in [0.4, 0.5) is 0 Å². The molecule has 2 aromatic rings. The molecule has 0 amide bonds. The molecular weight excluding hydrogens is 316 g/mol. The minimum absolute atomic E-state index is 0.133. The van der Waals surface area contributed by atoms with Gasteiger partial charge in [-0.05, 0) is 0 Å². The zero-order chi connectivity index (χ0) is 10.7. The molecule has 2 aromatic carbocycles. The van der Waals surface area contributed by atoms with Gasteiger partial charge >= 0.3 is 106 Å². The number of hydrogen-bond acceptors (Lipinski definition) is 0. The molecule has 2 rings (SSSR count). The quantitative estimate of drug-likeness (QED) is 0.634. The molecule has 0 saturated heterocycles. The van der Waals surface area contributed by atoms with Gasteiger partial charge in [0.1, 0.15) is 0 Å². The molecule has 0 saturated carbocycles. The number of rotatable bonds is 2. The van der Waals surface area contributed by atoms with E-state index < -0.39 is 0 Å². The summed E-state index contributed by atoms with van der Waals surface area (Å²) < 4.78 is 0. The number of thiol groups is 1. The van der Waals surface area contributed by atoms with Gasteiger partial charge in [-0.25, -0.2) is 0 Å². The van der Waals surface area contributed by atoms with Gasteiger partial charge in [0.15, 0.2) is 0 Å². The van der Waals surface area contributed by atoms with Gasteiger partial charge in [0.05, 0.1) is 0 Å². The molecule has 15 heavy (non-hydrogen) atoms. The maximum atomic E-state index is 2.26. The molecule has 0 fully saturated rings. The summed E-state index contributed by atoms with van der Waals surface area (Å²) in [6.07, 6.45) is 0. The molecule has 0 aliphatic carbocycles. The first-order valence-electron chi connectivity index (χ1n) is 4.88. The molecule has 0 N–H and O–H groups in total. The molecule has 0 aliphatic rings. The normalized spacial score (nSPS) is 13.6. The second-order valence-electron chi connectivity index (χ2n) is 3.48. The van der Waals surface area contributed by atoms with Gasteiger partial charge in [0.2, 0.25) is 0 Å².